The summed E-state index contributed by atoms with van der Waals surface area (Å²) < 4.78 is 0. The van der Waals surface area contributed by atoms with Crippen LogP contribution in [0.25, 0.3) is 0 Å². The first-order valence-electron chi connectivity index (χ1n) is 10.0. The van der Waals surface area contributed by atoms with E-state index in [1.807, 2.05) is 6.92 Å². The Balaban J connectivity index is 1.91. The maximum absolute atomic E-state index is 13.2. The third kappa shape index (κ3) is 4.90. The van der Waals surface area contributed by atoms with Crippen molar-refractivity contribution in [1.82, 2.24) is 30.2 Å². The number of carbonyl (C=O) groups is 3. The van der Waals surface area contributed by atoms with Gasteiger partial charge < -0.3 is 25.9 Å². The Kier molecular flexibility index (Phi) is 6.68. The van der Waals surface area contributed by atoms with Crippen LogP contribution in [0.4, 0.5) is 0 Å². The standard InChI is InChI=1S/C19H25N7O5/c1-2-4-11-14(24-19(31)25-16(11)28)17(29)23-12(7-10-8-21-9-22-10)18(30)26-6-3-5-13(26)15(20)27/h8-9,12-13H,2-7H2,1H3,(H2,20,27)(H,21,22)(H,23,29)(H2,24,25,28,31)/t12-,13+/m0/s1. The van der Waals surface area contributed by atoms with Gasteiger partial charge in [-0.25, -0.2) is 9.78 Å². The van der Waals surface area contributed by atoms with Gasteiger partial charge in [-0.15, -0.1) is 0 Å². The Morgan fingerprint density at radius 1 is 1.32 bits per heavy atom. The summed E-state index contributed by atoms with van der Waals surface area (Å²) in [5, 5.41) is 2.61. The second kappa shape index (κ2) is 9.41. The van der Waals surface area contributed by atoms with Crippen LogP contribution in [0.15, 0.2) is 22.1 Å². The third-order valence-corrected chi connectivity index (χ3v) is 5.22. The molecule has 166 valence electrons. The number of aromatic nitrogens is 4. The summed E-state index contributed by atoms with van der Waals surface area (Å²) in [5.74, 6) is -1.85. The molecular formula is C19H25N7O5. The molecule has 0 bridgehead atoms. The molecule has 0 aromatic carbocycles. The van der Waals surface area contributed by atoms with Crippen molar-refractivity contribution in [2.24, 2.45) is 5.73 Å². The zero-order valence-electron chi connectivity index (χ0n) is 17.1. The molecule has 0 radical (unpaired) electrons. The van der Waals surface area contributed by atoms with Gasteiger partial charge in [-0.05, 0) is 19.3 Å². The summed E-state index contributed by atoms with van der Waals surface area (Å²) in [6.45, 7) is 2.17. The van der Waals surface area contributed by atoms with Gasteiger partial charge in [-0.1, -0.05) is 13.3 Å². The lowest BCUT2D eigenvalue weighted by Gasteiger charge is -2.27. The van der Waals surface area contributed by atoms with Crippen molar-refractivity contribution < 1.29 is 14.4 Å². The second-order valence-corrected chi connectivity index (χ2v) is 7.41. The van der Waals surface area contributed by atoms with Gasteiger partial charge >= 0.3 is 5.69 Å². The van der Waals surface area contributed by atoms with Gasteiger partial charge in [0.1, 0.15) is 17.8 Å². The highest BCUT2D eigenvalue weighted by Gasteiger charge is 2.37. The number of aromatic amines is 3. The highest BCUT2D eigenvalue weighted by atomic mass is 16.2. The van der Waals surface area contributed by atoms with Gasteiger partial charge in [0.15, 0.2) is 0 Å². The minimum absolute atomic E-state index is 0.0725. The van der Waals surface area contributed by atoms with Gasteiger partial charge in [0.05, 0.1) is 6.33 Å². The quantitative estimate of drug-likeness (QED) is 0.340. The van der Waals surface area contributed by atoms with Crippen molar-refractivity contribution in [2.45, 2.75) is 51.1 Å². The molecule has 31 heavy (non-hydrogen) atoms. The smallest absolute Gasteiger partial charge is 0.326 e. The van der Waals surface area contributed by atoms with Crippen molar-refractivity contribution in [3.8, 4) is 0 Å². The molecule has 1 saturated heterocycles. The molecule has 1 fully saturated rings. The molecule has 12 nitrogen and oxygen atoms in total. The number of amides is 3. The lowest BCUT2D eigenvalue weighted by atomic mass is 10.1. The van der Waals surface area contributed by atoms with Crippen molar-refractivity contribution >= 4 is 17.7 Å². The first-order chi connectivity index (χ1) is 14.8. The first-order valence-corrected chi connectivity index (χ1v) is 10.0. The third-order valence-electron chi connectivity index (χ3n) is 5.22. The number of imidazole rings is 1. The average Bonchev–Trinajstić information content (AvgIpc) is 3.40. The monoisotopic (exact) mass is 431 g/mol. The summed E-state index contributed by atoms with van der Waals surface area (Å²) in [6.07, 6.45) is 4.93. The van der Waals surface area contributed by atoms with E-state index in [-0.39, 0.29) is 24.1 Å². The maximum atomic E-state index is 13.2. The van der Waals surface area contributed by atoms with Gasteiger partial charge in [0, 0.05) is 30.4 Å². The molecule has 2 aromatic heterocycles. The van der Waals surface area contributed by atoms with Crippen molar-refractivity contribution in [2.75, 3.05) is 6.54 Å². The van der Waals surface area contributed by atoms with Gasteiger partial charge in [-0.3, -0.25) is 24.2 Å². The molecule has 6 N–H and O–H groups in total. The summed E-state index contributed by atoms with van der Waals surface area (Å²) in [6, 6.07) is -1.81. The number of nitrogens with two attached hydrogens (primary N) is 1. The van der Waals surface area contributed by atoms with Gasteiger partial charge in [-0.2, -0.15) is 0 Å². The zero-order valence-corrected chi connectivity index (χ0v) is 17.1. The maximum Gasteiger partial charge on any atom is 0.326 e. The first kappa shape index (κ1) is 22.0. The minimum Gasteiger partial charge on any atom is -0.368 e. The molecule has 1 aliphatic heterocycles. The molecule has 0 spiro atoms. The Morgan fingerprint density at radius 2 is 2.10 bits per heavy atom. The minimum atomic E-state index is -1.06. The molecule has 0 saturated carbocycles. The van der Waals surface area contributed by atoms with Crippen molar-refractivity contribution in [3.05, 3.63) is 50.3 Å². The van der Waals surface area contributed by atoms with E-state index in [0.29, 0.717) is 31.5 Å². The zero-order chi connectivity index (χ0) is 22.5. The SMILES string of the molecule is CCCc1c(C(=O)N[C@@H](Cc2cnc[nH]2)C(=O)N2CCC[C@@H]2C(N)=O)[nH]c(=O)[nH]c1=O. The number of rotatable bonds is 8. The van der Waals surface area contributed by atoms with Gasteiger partial charge in [0.2, 0.25) is 11.8 Å². The van der Waals surface area contributed by atoms with Crippen LogP contribution in [0.5, 0.6) is 0 Å². The topological polar surface area (TPSA) is 187 Å². The number of nitrogens with one attached hydrogen (secondary N) is 4. The Morgan fingerprint density at radius 3 is 2.74 bits per heavy atom. The van der Waals surface area contributed by atoms with E-state index in [2.05, 4.69) is 25.3 Å². The normalized spacial score (nSPS) is 16.8. The van der Waals surface area contributed by atoms with E-state index in [0.717, 1.165) is 0 Å². The number of H-pyrrole nitrogens is 3. The fourth-order valence-electron chi connectivity index (χ4n) is 3.77. The Bertz CT molecular complexity index is 1070. The summed E-state index contributed by atoms with van der Waals surface area (Å²) in [5.41, 5.74) is 4.48. The van der Waals surface area contributed by atoms with Crippen LogP contribution >= 0.6 is 0 Å². The number of likely N-dealkylation sites (tertiary alicyclic amines) is 1. The lowest BCUT2D eigenvalue weighted by Crippen LogP contribution is -2.54. The molecule has 0 unspecified atom stereocenters. The fraction of sp³-hybridized carbons (Fsp3) is 0.474. The Labute approximate surface area is 176 Å². The molecule has 3 rings (SSSR count). The number of hydrogen-bond acceptors (Lipinski definition) is 6. The highest BCUT2D eigenvalue weighted by molar-refractivity contribution is 5.98. The van der Waals surface area contributed by atoms with Crippen LogP contribution in [-0.4, -0.2) is 61.2 Å². The van der Waals surface area contributed by atoms with E-state index in [1.165, 1.54) is 17.4 Å². The number of carbonyl (C=O) groups excluding carboxylic acids is 3. The van der Waals surface area contributed by atoms with E-state index in [9.17, 15) is 24.0 Å². The predicted octanol–water partition coefficient (Wildman–Crippen LogP) is -1.44. The van der Waals surface area contributed by atoms with E-state index in [4.69, 9.17) is 5.73 Å². The summed E-state index contributed by atoms with van der Waals surface area (Å²) in [4.78, 5) is 74.5. The Hall–Kier alpha value is -3.70. The van der Waals surface area contributed by atoms with Crippen LogP contribution in [0, 0.1) is 0 Å². The molecule has 0 aliphatic carbocycles. The number of nitrogens with zero attached hydrogens (tertiary/aromatic N) is 2. The van der Waals surface area contributed by atoms with Crippen LogP contribution in [0.1, 0.15) is 47.9 Å². The highest BCUT2D eigenvalue weighted by Crippen LogP contribution is 2.19. The molecule has 2 aromatic rings. The van der Waals surface area contributed by atoms with Crippen molar-refractivity contribution in [1.29, 1.82) is 0 Å². The number of hydrogen-bond donors (Lipinski definition) is 5. The van der Waals surface area contributed by atoms with Crippen LogP contribution < -0.4 is 22.3 Å². The van der Waals surface area contributed by atoms with Crippen LogP contribution in [0.2, 0.25) is 0 Å². The van der Waals surface area contributed by atoms with Crippen molar-refractivity contribution in [3.63, 3.8) is 0 Å². The molecular weight excluding hydrogens is 406 g/mol. The molecule has 12 heteroatoms. The summed E-state index contributed by atoms with van der Waals surface area (Å²) >= 11 is 0. The van der Waals surface area contributed by atoms with Crippen LogP contribution in [-0.2, 0) is 22.4 Å². The predicted molar refractivity (Wildman–Crippen MR) is 109 cm³/mol. The largest absolute Gasteiger partial charge is 0.368 e. The average molecular weight is 431 g/mol. The lowest BCUT2D eigenvalue weighted by molar-refractivity contribution is -0.138. The second-order valence-electron chi connectivity index (χ2n) is 7.41. The molecule has 1 aliphatic rings. The summed E-state index contributed by atoms with van der Waals surface area (Å²) in [7, 11) is 0. The van der Waals surface area contributed by atoms with E-state index < -0.39 is 41.1 Å². The van der Waals surface area contributed by atoms with E-state index in [1.54, 1.807) is 0 Å². The molecule has 3 amide bonds. The van der Waals surface area contributed by atoms with E-state index >= 15 is 0 Å². The van der Waals surface area contributed by atoms with Crippen LogP contribution in [0.3, 0.4) is 0 Å². The number of primary amides is 1. The molecule has 2 atom stereocenters. The fourth-order valence-corrected chi connectivity index (χ4v) is 3.77. The van der Waals surface area contributed by atoms with Gasteiger partial charge in [0.25, 0.3) is 11.5 Å². The molecule has 3 heterocycles.